The molecule has 2 aliphatic rings. The molecule has 0 aromatic carbocycles. The van der Waals surface area contributed by atoms with Crippen LogP contribution in [0.25, 0.3) is 0 Å². The number of aliphatic hydroxyl groups is 2. The lowest BCUT2D eigenvalue weighted by Gasteiger charge is -2.20. The van der Waals surface area contributed by atoms with E-state index >= 15 is 0 Å². The maximum Gasteiger partial charge on any atom is 0.225 e. The number of sulfone groups is 1. The number of aliphatic imine (C=N–C) groups is 1. The summed E-state index contributed by atoms with van der Waals surface area (Å²) >= 11 is 0. The second kappa shape index (κ2) is 13.4. The van der Waals surface area contributed by atoms with Crippen LogP contribution in [-0.2, 0) is 19.4 Å². The number of hydrogen-bond donors (Lipinski definition) is 6. The average molecular weight is 542 g/mol. The topological polar surface area (TPSA) is 201 Å². The molecule has 3 heterocycles. The number of unbranched alkanes of at least 4 members (excludes halogenated alkanes) is 3. The van der Waals surface area contributed by atoms with Gasteiger partial charge in [-0.15, -0.1) is 0 Å². The first-order chi connectivity index (χ1) is 17.6. The Hall–Kier alpha value is -2.39. The number of nitrogens with zero attached hydrogens (tertiary/aromatic N) is 3. The maximum absolute atomic E-state index is 12.0. The third-order valence-corrected chi connectivity index (χ3v) is 7.40. The first-order valence-corrected chi connectivity index (χ1v) is 14.8. The molecule has 7 N–H and O–H groups in total. The number of aliphatic hydroxyl groups excluding tert-OH is 2. The minimum atomic E-state index is -2.93. The normalized spacial score (nSPS) is 24.8. The molecule has 37 heavy (non-hydrogen) atoms. The fourth-order valence-corrected chi connectivity index (χ4v) is 5.13. The molecule has 1 amide bonds. The highest BCUT2D eigenvalue weighted by atomic mass is 32.2. The molecular formula is C23H39N7O6S. The zero-order valence-corrected chi connectivity index (χ0v) is 22.2. The van der Waals surface area contributed by atoms with Crippen LogP contribution in [0, 0.1) is 0 Å². The molecule has 1 aromatic heterocycles. The second-order valence-electron chi connectivity index (χ2n) is 9.47. The number of amides is 1. The van der Waals surface area contributed by atoms with Gasteiger partial charge in [0.1, 0.15) is 27.7 Å². The van der Waals surface area contributed by atoms with Crippen LogP contribution in [0.3, 0.4) is 0 Å². The minimum Gasteiger partial charge on any atom is -0.388 e. The smallest absolute Gasteiger partial charge is 0.225 e. The van der Waals surface area contributed by atoms with Gasteiger partial charge in [0, 0.05) is 44.3 Å². The van der Waals surface area contributed by atoms with Gasteiger partial charge in [0.2, 0.25) is 11.9 Å². The zero-order chi connectivity index (χ0) is 27.0. The van der Waals surface area contributed by atoms with Gasteiger partial charge in [-0.3, -0.25) is 9.79 Å². The molecule has 0 saturated carbocycles. The molecule has 0 aliphatic carbocycles. The maximum atomic E-state index is 12.0. The van der Waals surface area contributed by atoms with E-state index in [1.165, 1.54) is 6.26 Å². The summed E-state index contributed by atoms with van der Waals surface area (Å²) in [6.07, 6.45) is 2.70. The van der Waals surface area contributed by atoms with Crippen LogP contribution in [0.4, 0.5) is 17.5 Å². The highest BCUT2D eigenvalue weighted by molar-refractivity contribution is 7.90. The van der Waals surface area contributed by atoms with Crippen molar-refractivity contribution in [1.82, 2.24) is 20.6 Å². The summed E-state index contributed by atoms with van der Waals surface area (Å²) in [6.45, 7) is 3.80. The molecule has 0 radical (unpaired) electrons. The number of nitrogens with two attached hydrogens (primary N) is 1. The lowest BCUT2D eigenvalue weighted by Crippen LogP contribution is -2.38. The van der Waals surface area contributed by atoms with Gasteiger partial charge in [0.25, 0.3) is 0 Å². The zero-order valence-electron chi connectivity index (χ0n) is 21.4. The van der Waals surface area contributed by atoms with Gasteiger partial charge in [0.05, 0.1) is 23.8 Å². The lowest BCUT2D eigenvalue weighted by atomic mass is 9.94. The van der Waals surface area contributed by atoms with Crippen molar-refractivity contribution in [2.45, 2.75) is 69.4 Å². The standard InChI is InChI=1S/C23H39N7O6S/c1-3-25-13-15-19(32)20(33)21(36-15)14-12-28-18-17(14)29-23(30-22(18)24)27-10-9-26-16(31)8-6-4-5-7-11-37(2,34)35/h12,14-15,19-21,25,32-33H,3-11,13H2,1-2H3,(H,26,31)(H3,24,27,29,30)/t14?,15-,19-,20-,21+/m1/s1. The van der Waals surface area contributed by atoms with Crippen molar-refractivity contribution in [3.63, 3.8) is 0 Å². The molecule has 3 rings (SSSR count). The van der Waals surface area contributed by atoms with Crippen LogP contribution in [-0.4, -0.2) is 103 Å². The van der Waals surface area contributed by atoms with Crippen LogP contribution in [0.1, 0.15) is 50.6 Å². The number of hydrogen-bond acceptors (Lipinski definition) is 12. The van der Waals surface area contributed by atoms with Crippen LogP contribution in [0.2, 0.25) is 0 Å². The Balaban J connectivity index is 1.45. The molecule has 14 heteroatoms. The van der Waals surface area contributed by atoms with Crippen molar-refractivity contribution >= 4 is 39.4 Å². The monoisotopic (exact) mass is 541 g/mol. The number of rotatable bonds is 15. The Morgan fingerprint density at radius 1 is 1.14 bits per heavy atom. The summed E-state index contributed by atoms with van der Waals surface area (Å²) < 4.78 is 28.2. The Bertz CT molecular complexity index is 1050. The Kier molecular flexibility index (Phi) is 10.6. The van der Waals surface area contributed by atoms with E-state index in [0.29, 0.717) is 56.8 Å². The van der Waals surface area contributed by atoms with Crippen LogP contribution in [0.15, 0.2) is 4.99 Å². The van der Waals surface area contributed by atoms with Crippen molar-refractivity contribution in [3.8, 4) is 0 Å². The van der Waals surface area contributed by atoms with Crippen LogP contribution >= 0.6 is 0 Å². The van der Waals surface area contributed by atoms with Gasteiger partial charge in [-0.25, -0.2) is 13.4 Å². The molecular weight excluding hydrogens is 502 g/mol. The van der Waals surface area contributed by atoms with E-state index in [9.17, 15) is 23.4 Å². The fraction of sp³-hybridized carbons (Fsp3) is 0.739. The largest absolute Gasteiger partial charge is 0.388 e. The van der Waals surface area contributed by atoms with Gasteiger partial charge in [-0.05, 0) is 19.4 Å². The fourth-order valence-electron chi connectivity index (χ4n) is 4.40. The summed E-state index contributed by atoms with van der Waals surface area (Å²) in [5.74, 6) is 0.0628. The number of carbonyl (C=O) groups excluding carboxylic acids is 1. The van der Waals surface area contributed by atoms with E-state index < -0.39 is 40.2 Å². The van der Waals surface area contributed by atoms with Gasteiger partial charge in [-0.1, -0.05) is 19.8 Å². The summed E-state index contributed by atoms with van der Waals surface area (Å²) in [4.78, 5) is 25.1. The quantitative estimate of drug-likeness (QED) is 0.156. The van der Waals surface area contributed by atoms with Crippen molar-refractivity contribution < 1.29 is 28.2 Å². The number of nitrogen functional groups attached to an aromatic ring is 1. The van der Waals surface area contributed by atoms with Gasteiger partial charge in [0.15, 0.2) is 5.82 Å². The van der Waals surface area contributed by atoms with E-state index in [-0.39, 0.29) is 23.4 Å². The van der Waals surface area contributed by atoms with Gasteiger partial charge >= 0.3 is 0 Å². The highest BCUT2D eigenvalue weighted by Crippen LogP contribution is 2.41. The van der Waals surface area contributed by atoms with Gasteiger partial charge in [-0.2, -0.15) is 4.98 Å². The minimum absolute atomic E-state index is 0.0780. The molecule has 1 fully saturated rings. The highest BCUT2D eigenvalue weighted by Gasteiger charge is 2.48. The van der Waals surface area contributed by atoms with E-state index in [1.54, 1.807) is 6.21 Å². The van der Waals surface area contributed by atoms with Crippen molar-refractivity contribution in [2.75, 3.05) is 49.2 Å². The third-order valence-electron chi connectivity index (χ3n) is 6.37. The van der Waals surface area contributed by atoms with E-state index in [1.807, 2.05) is 6.92 Å². The van der Waals surface area contributed by atoms with Crippen LogP contribution < -0.4 is 21.7 Å². The molecule has 2 aliphatic heterocycles. The molecule has 5 atom stereocenters. The number of ether oxygens (including phenoxy) is 1. The molecule has 0 spiro atoms. The number of fused-ring (bicyclic) bond motifs is 1. The predicted octanol–water partition coefficient (Wildman–Crippen LogP) is -0.520. The average Bonchev–Trinajstić information content (AvgIpc) is 3.38. The molecule has 0 bridgehead atoms. The first kappa shape index (κ1) is 29.2. The van der Waals surface area contributed by atoms with E-state index in [0.717, 1.165) is 12.8 Å². The van der Waals surface area contributed by atoms with Gasteiger partial charge < -0.3 is 36.6 Å². The van der Waals surface area contributed by atoms with Crippen molar-refractivity contribution in [2.24, 2.45) is 4.99 Å². The Labute approximate surface area is 217 Å². The first-order valence-electron chi connectivity index (χ1n) is 12.7. The summed E-state index contributed by atoms with van der Waals surface area (Å²) in [6, 6.07) is 0. The molecule has 1 unspecified atom stereocenters. The summed E-state index contributed by atoms with van der Waals surface area (Å²) in [7, 11) is -2.93. The summed E-state index contributed by atoms with van der Waals surface area (Å²) in [5.41, 5.74) is 7.01. The SMILES string of the molecule is CCNC[C@H]1O[C@@H](C2C=Nc3c(N)nc(NCCNC(=O)CCCCCCS(C)(=O)=O)nc32)[C@H](O)[C@@H]1O. The Morgan fingerprint density at radius 3 is 2.62 bits per heavy atom. The molecule has 13 nitrogen and oxygen atoms in total. The van der Waals surface area contributed by atoms with Crippen molar-refractivity contribution in [1.29, 1.82) is 0 Å². The number of carbonyl (C=O) groups is 1. The van der Waals surface area contributed by atoms with Crippen molar-refractivity contribution in [3.05, 3.63) is 5.69 Å². The number of likely N-dealkylation sites (N-methyl/N-ethyl adjacent to an activating group) is 1. The van der Waals surface area contributed by atoms with E-state index in [4.69, 9.17) is 10.5 Å². The number of aromatic nitrogens is 2. The predicted molar refractivity (Wildman–Crippen MR) is 141 cm³/mol. The number of nitrogens with one attached hydrogen (secondary N) is 3. The van der Waals surface area contributed by atoms with E-state index in [2.05, 4.69) is 30.9 Å². The molecule has 1 saturated heterocycles. The van der Waals surface area contributed by atoms with Crippen LogP contribution in [0.5, 0.6) is 0 Å². The third kappa shape index (κ3) is 8.30. The molecule has 208 valence electrons. The Morgan fingerprint density at radius 2 is 1.89 bits per heavy atom. The lowest BCUT2D eigenvalue weighted by molar-refractivity contribution is -0.121. The number of anilines is 2. The molecule has 1 aromatic rings. The second-order valence-corrected chi connectivity index (χ2v) is 11.7. The summed E-state index contributed by atoms with van der Waals surface area (Å²) in [5, 5.41) is 30.0.